The molecule has 1 aliphatic rings. The molecule has 1 rings (SSSR count). The van der Waals surface area contributed by atoms with Crippen LogP contribution in [0.3, 0.4) is 0 Å². The van der Waals surface area contributed by atoms with Crippen LogP contribution in [0, 0.1) is 5.92 Å². The van der Waals surface area contributed by atoms with Gasteiger partial charge in [0.05, 0.1) is 5.49 Å². The summed E-state index contributed by atoms with van der Waals surface area (Å²) in [5.74, 6) is 0.719. The molecule has 1 fully saturated rings. The molecule has 0 spiro atoms. The van der Waals surface area contributed by atoms with Gasteiger partial charge in [-0.25, -0.2) is 0 Å². The second-order valence-electron chi connectivity index (χ2n) is 3.33. The minimum absolute atomic E-state index is 0.638. The predicted molar refractivity (Wildman–Crippen MR) is 56.6 cm³/mol. The highest BCUT2D eigenvalue weighted by molar-refractivity contribution is 7.78. The largest absolute Gasteiger partial charge is 0.369 e. The lowest BCUT2D eigenvalue weighted by atomic mass is 9.94. The number of likely N-dealkylation sites (tertiary alicyclic amines) is 1. The molecular weight excluding hydrogens is 184 g/mol. The number of thiocarbonyl (C=S) groups is 1. The van der Waals surface area contributed by atoms with E-state index in [0.29, 0.717) is 6.54 Å². The van der Waals surface area contributed by atoms with Gasteiger partial charge in [-0.15, -0.1) is 0 Å². The van der Waals surface area contributed by atoms with E-state index in [1.165, 1.54) is 12.8 Å². The van der Waals surface area contributed by atoms with Crippen molar-refractivity contribution in [1.29, 1.82) is 0 Å². The molecule has 0 N–H and O–H groups in total. The summed E-state index contributed by atoms with van der Waals surface area (Å²) in [6.45, 7) is 2.76. The van der Waals surface area contributed by atoms with Crippen molar-refractivity contribution in [2.75, 3.05) is 19.6 Å². The standard InChI is InChI=1S/C8H14N4S/c9-11-10-4-1-8-2-5-12(7-13)6-3-8/h7-8H,1-6H2. The predicted octanol–water partition coefficient (Wildman–Crippen LogP) is 2.36. The fraction of sp³-hybridized carbons (Fsp3) is 0.875. The Labute approximate surface area is 83.5 Å². The Morgan fingerprint density at radius 3 is 2.77 bits per heavy atom. The number of rotatable bonds is 4. The summed E-state index contributed by atoms with van der Waals surface area (Å²) in [6.07, 6.45) is 3.37. The molecule has 1 saturated heterocycles. The van der Waals surface area contributed by atoms with Gasteiger partial charge >= 0.3 is 0 Å². The number of piperidine rings is 1. The molecule has 0 aromatic rings. The summed E-state index contributed by atoms with van der Waals surface area (Å²) >= 11 is 4.85. The summed E-state index contributed by atoms with van der Waals surface area (Å²) < 4.78 is 0. The third kappa shape index (κ3) is 3.61. The Balaban J connectivity index is 2.17. The molecule has 72 valence electrons. The number of azide groups is 1. The van der Waals surface area contributed by atoms with E-state index in [0.717, 1.165) is 25.4 Å². The molecule has 5 heteroatoms. The third-order valence-corrected chi connectivity index (χ3v) is 2.80. The summed E-state index contributed by atoms with van der Waals surface area (Å²) in [5, 5.41) is 3.54. The second-order valence-corrected chi connectivity index (χ2v) is 3.54. The minimum Gasteiger partial charge on any atom is -0.369 e. The molecule has 13 heavy (non-hydrogen) atoms. The SMILES string of the molecule is [N-]=[N+]=NCCC1CCN(C=S)CC1. The van der Waals surface area contributed by atoms with E-state index >= 15 is 0 Å². The molecule has 4 nitrogen and oxygen atoms in total. The topological polar surface area (TPSA) is 52.0 Å². The Kier molecular flexibility index (Phi) is 4.57. The number of hydrogen-bond donors (Lipinski definition) is 0. The highest BCUT2D eigenvalue weighted by Gasteiger charge is 2.16. The zero-order valence-corrected chi connectivity index (χ0v) is 8.41. The lowest BCUT2D eigenvalue weighted by Gasteiger charge is -2.29. The van der Waals surface area contributed by atoms with Crippen LogP contribution < -0.4 is 0 Å². The van der Waals surface area contributed by atoms with Crippen molar-refractivity contribution in [3.8, 4) is 0 Å². The maximum atomic E-state index is 8.11. The van der Waals surface area contributed by atoms with Gasteiger partial charge in [0, 0.05) is 24.5 Å². The van der Waals surface area contributed by atoms with Crippen molar-refractivity contribution < 1.29 is 0 Å². The second kappa shape index (κ2) is 5.78. The lowest BCUT2D eigenvalue weighted by molar-refractivity contribution is 0.266. The molecule has 1 heterocycles. The average molecular weight is 198 g/mol. The van der Waals surface area contributed by atoms with Gasteiger partial charge in [-0.1, -0.05) is 17.3 Å². The van der Waals surface area contributed by atoms with Crippen molar-refractivity contribution in [3.63, 3.8) is 0 Å². The van der Waals surface area contributed by atoms with E-state index in [2.05, 4.69) is 14.9 Å². The van der Waals surface area contributed by atoms with Gasteiger partial charge < -0.3 is 4.90 Å². The van der Waals surface area contributed by atoms with Crippen molar-refractivity contribution in [2.45, 2.75) is 19.3 Å². The zero-order chi connectivity index (χ0) is 9.52. The van der Waals surface area contributed by atoms with Crippen molar-refractivity contribution >= 4 is 17.7 Å². The van der Waals surface area contributed by atoms with E-state index in [1.807, 2.05) is 0 Å². The van der Waals surface area contributed by atoms with Crippen LogP contribution in [-0.2, 0) is 0 Å². The Hall–Kier alpha value is -0.800. The maximum absolute atomic E-state index is 8.11. The van der Waals surface area contributed by atoms with Crippen molar-refractivity contribution in [1.82, 2.24) is 4.90 Å². The van der Waals surface area contributed by atoms with Crippen LogP contribution in [0.1, 0.15) is 19.3 Å². The molecule has 0 amide bonds. The van der Waals surface area contributed by atoms with E-state index in [1.54, 1.807) is 5.49 Å². The number of hydrogen-bond acceptors (Lipinski definition) is 2. The van der Waals surface area contributed by atoms with Gasteiger partial charge in [0.15, 0.2) is 0 Å². The third-order valence-electron chi connectivity index (χ3n) is 2.50. The fourth-order valence-electron chi connectivity index (χ4n) is 1.63. The molecule has 0 aromatic carbocycles. The smallest absolute Gasteiger partial charge is 0.0640 e. The molecule has 0 saturated carbocycles. The highest BCUT2D eigenvalue weighted by atomic mass is 32.1. The summed E-state index contributed by atoms with van der Waals surface area (Å²) in [4.78, 5) is 4.91. The molecule has 0 bridgehead atoms. The Morgan fingerprint density at radius 1 is 1.54 bits per heavy atom. The first-order valence-electron chi connectivity index (χ1n) is 4.57. The molecule has 0 radical (unpaired) electrons. The van der Waals surface area contributed by atoms with Gasteiger partial charge in [0.2, 0.25) is 0 Å². The van der Waals surface area contributed by atoms with Gasteiger partial charge in [0.25, 0.3) is 0 Å². The van der Waals surface area contributed by atoms with E-state index in [-0.39, 0.29) is 0 Å². The van der Waals surface area contributed by atoms with E-state index in [9.17, 15) is 0 Å². The maximum Gasteiger partial charge on any atom is 0.0640 e. The monoisotopic (exact) mass is 198 g/mol. The summed E-state index contributed by atoms with van der Waals surface area (Å²) in [7, 11) is 0. The van der Waals surface area contributed by atoms with Crippen LogP contribution >= 0.6 is 12.2 Å². The van der Waals surface area contributed by atoms with Crippen LogP contribution in [0.2, 0.25) is 0 Å². The first-order chi connectivity index (χ1) is 6.36. The minimum atomic E-state index is 0.638. The average Bonchev–Trinajstić information content (AvgIpc) is 2.19. The quantitative estimate of drug-likeness (QED) is 0.301. The molecule has 0 atom stereocenters. The van der Waals surface area contributed by atoms with Gasteiger partial charge in [0.1, 0.15) is 0 Å². The first-order valence-corrected chi connectivity index (χ1v) is 5.04. The first kappa shape index (κ1) is 10.3. The molecular formula is C8H14N4S. The fourth-order valence-corrected chi connectivity index (χ4v) is 1.84. The Morgan fingerprint density at radius 2 is 2.23 bits per heavy atom. The number of nitrogens with zero attached hydrogens (tertiary/aromatic N) is 4. The summed E-state index contributed by atoms with van der Waals surface area (Å²) in [5.41, 5.74) is 9.85. The van der Waals surface area contributed by atoms with Crippen LogP contribution in [-0.4, -0.2) is 30.0 Å². The van der Waals surface area contributed by atoms with Gasteiger partial charge in [-0.2, -0.15) is 0 Å². The van der Waals surface area contributed by atoms with Crippen molar-refractivity contribution in [2.24, 2.45) is 11.0 Å². The normalized spacial score (nSPS) is 18.0. The molecule has 0 aliphatic carbocycles. The molecule has 0 aromatic heterocycles. The van der Waals surface area contributed by atoms with Crippen LogP contribution in [0.4, 0.5) is 0 Å². The van der Waals surface area contributed by atoms with Crippen LogP contribution in [0.15, 0.2) is 5.11 Å². The summed E-state index contributed by atoms with van der Waals surface area (Å²) in [6, 6.07) is 0. The molecule has 1 aliphatic heterocycles. The van der Waals surface area contributed by atoms with E-state index < -0.39 is 0 Å². The van der Waals surface area contributed by atoms with Gasteiger partial charge in [-0.3, -0.25) is 0 Å². The highest BCUT2D eigenvalue weighted by Crippen LogP contribution is 2.19. The van der Waals surface area contributed by atoms with Crippen molar-refractivity contribution in [3.05, 3.63) is 10.4 Å². The molecule has 0 unspecified atom stereocenters. The Bertz CT molecular complexity index is 204. The zero-order valence-electron chi connectivity index (χ0n) is 7.59. The van der Waals surface area contributed by atoms with Gasteiger partial charge in [-0.05, 0) is 30.7 Å². The lowest BCUT2D eigenvalue weighted by Crippen LogP contribution is -2.32. The van der Waals surface area contributed by atoms with Crippen LogP contribution in [0.25, 0.3) is 10.4 Å². The van der Waals surface area contributed by atoms with Crippen LogP contribution in [0.5, 0.6) is 0 Å². The van der Waals surface area contributed by atoms with E-state index in [4.69, 9.17) is 17.7 Å².